The summed E-state index contributed by atoms with van der Waals surface area (Å²) in [7, 11) is 0. The standard InChI is InChI=1S/C25H33N7O4/c1-15(13-33)27-24(34)20-12-21(29-25(28-20)35-14-18-6-5-16(2)36-18)32-10-7-17(8-11-32)22-19-4-3-9-26-23(19)31-30-22/h3-4,9,12,15-18,33H,5-8,10-11,13-14H2,1-2H3,(H,27,34)(H,26,30,31)/t15-,16+,18-/m1/s1. The van der Waals surface area contributed by atoms with Crippen molar-refractivity contribution in [2.24, 2.45) is 0 Å². The number of fused-ring (bicyclic) bond motifs is 1. The second-order valence-electron chi connectivity index (χ2n) is 9.68. The summed E-state index contributed by atoms with van der Waals surface area (Å²) < 4.78 is 11.7. The molecule has 2 aliphatic rings. The molecule has 2 saturated heterocycles. The summed E-state index contributed by atoms with van der Waals surface area (Å²) in [6.45, 7) is 5.47. The minimum Gasteiger partial charge on any atom is -0.461 e. The number of aliphatic hydroxyl groups excluding tert-OH is 1. The second kappa shape index (κ2) is 10.8. The summed E-state index contributed by atoms with van der Waals surface area (Å²) in [5.74, 6) is 0.585. The molecule has 11 nitrogen and oxygen atoms in total. The zero-order valence-corrected chi connectivity index (χ0v) is 20.7. The van der Waals surface area contributed by atoms with Gasteiger partial charge in [-0.2, -0.15) is 15.1 Å². The zero-order valence-electron chi connectivity index (χ0n) is 20.7. The van der Waals surface area contributed by atoms with E-state index in [0.29, 0.717) is 18.3 Å². The van der Waals surface area contributed by atoms with Gasteiger partial charge in [0.25, 0.3) is 5.91 Å². The third kappa shape index (κ3) is 5.41. The van der Waals surface area contributed by atoms with E-state index in [1.165, 1.54) is 0 Å². The Kier molecular flexibility index (Phi) is 7.28. The molecule has 36 heavy (non-hydrogen) atoms. The van der Waals surface area contributed by atoms with Crippen LogP contribution in [0.1, 0.15) is 61.6 Å². The lowest BCUT2D eigenvalue weighted by Gasteiger charge is -2.32. The van der Waals surface area contributed by atoms with E-state index in [4.69, 9.17) is 9.47 Å². The van der Waals surface area contributed by atoms with Gasteiger partial charge in [-0.1, -0.05) is 0 Å². The molecule has 3 N–H and O–H groups in total. The maximum atomic E-state index is 12.8. The Morgan fingerprint density at radius 1 is 1.31 bits per heavy atom. The van der Waals surface area contributed by atoms with Crippen LogP contribution in [0.15, 0.2) is 24.4 Å². The molecule has 0 saturated carbocycles. The van der Waals surface area contributed by atoms with Crippen LogP contribution in [0.4, 0.5) is 5.82 Å². The molecule has 0 spiro atoms. The normalized spacial score (nSPS) is 21.6. The number of H-pyrrole nitrogens is 1. The monoisotopic (exact) mass is 495 g/mol. The molecule has 5 rings (SSSR count). The number of carbonyl (C=O) groups excluding carboxylic acids is 1. The number of amides is 1. The lowest BCUT2D eigenvalue weighted by atomic mass is 9.92. The predicted molar refractivity (Wildman–Crippen MR) is 133 cm³/mol. The summed E-state index contributed by atoms with van der Waals surface area (Å²) in [6, 6.07) is 5.44. The number of aromatic amines is 1. The van der Waals surface area contributed by atoms with Crippen molar-refractivity contribution in [1.82, 2.24) is 30.5 Å². The summed E-state index contributed by atoms with van der Waals surface area (Å²) in [6.07, 6.45) is 5.68. The molecule has 3 aromatic heterocycles. The molecule has 0 aromatic carbocycles. The first-order chi connectivity index (χ1) is 17.5. The van der Waals surface area contributed by atoms with Gasteiger partial charge in [0.1, 0.15) is 18.1 Å². The Bertz CT molecular complexity index is 1190. The summed E-state index contributed by atoms with van der Waals surface area (Å²) in [4.78, 5) is 28.3. The van der Waals surface area contributed by atoms with Crippen molar-refractivity contribution in [3.63, 3.8) is 0 Å². The maximum Gasteiger partial charge on any atom is 0.319 e. The van der Waals surface area contributed by atoms with Gasteiger partial charge in [0.05, 0.1) is 24.5 Å². The maximum absolute atomic E-state index is 12.8. The van der Waals surface area contributed by atoms with Crippen molar-refractivity contribution in [3.8, 4) is 6.01 Å². The van der Waals surface area contributed by atoms with Crippen LogP contribution in [0, 0.1) is 0 Å². The van der Waals surface area contributed by atoms with Crippen molar-refractivity contribution >= 4 is 22.8 Å². The number of nitrogens with one attached hydrogen (secondary N) is 2. The van der Waals surface area contributed by atoms with Gasteiger partial charge < -0.3 is 24.8 Å². The van der Waals surface area contributed by atoms with Crippen LogP contribution < -0.4 is 15.0 Å². The van der Waals surface area contributed by atoms with Gasteiger partial charge in [0.15, 0.2) is 5.65 Å². The Labute approximate surface area is 209 Å². The Balaban J connectivity index is 1.31. The molecule has 0 unspecified atom stereocenters. The third-order valence-corrected chi connectivity index (χ3v) is 6.87. The highest BCUT2D eigenvalue weighted by Crippen LogP contribution is 2.32. The molecule has 0 aliphatic carbocycles. The number of rotatable bonds is 8. The van der Waals surface area contributed by atoms with Gasteiger partial charge in [-0.25, -0.2) is 4.98 Å². The van der Waals surface area contributed by atoms with E-state index in [9.17, 15) is 9.90 Å². The van der Waals surface area contributed by atoms with Crippen molar-refractivity contribution in [1.29, 1.82) is 0 Å². The largest absolute Gasteiger partial charge is 0.461 e. The molecular weight excluding hydrogens is 462 g/mol. The van der Waals surface area contributed by atoms with Crippen molar-refractivity contribution in [2.45, 2.75) is 63.7 Å². The Hall–Kier alpha value is -3.31. The van der Waals surface area contributed by atoms with Gasteiger partial charge in [-0.3, -0.25) is 9.89 Å². The molecule has 1 amide bonds. The first kappa shape index (κ1) is 24.4. The van der Waals surface area contributed by atoms with Crippen LogP contribution >= 0.6 is 0 Å². The van der Waals surface area contributed by atoms with E-state index in [1.54, 1.807) is 19.2 Å². The van der Waals surface area contributed by atoms with Gasteiger partial charge in [0, 0.05) is 42.7 Å². The quantitative estimate of drug-likeness (QED) is 0.429. The number of anilines is 1. The first-order valence-electron chi connectivity index (χ1n) is 12.6. The van der Waals surface area contributed by atoms with Crippen molar-refractivity contribution < 1.29 is 19.4 Å². The molecule has 192 valence electrons. The highest BCUT2D eigenvalue weighted by molar-refractivity contribution is 5.93. The molecule has 2 fully saturated rings. The van der Waals surface area contributed by atoms with Gasteiger partial charge in [-0.05, 0) is 51.7 Å². The van der Waals surface area contributed by atoms with E-state index >= 15 is 0 Å². The highest BCUT2D eigenvalue weighted by Gasteiger charge is 2.27. The second-order valence-corrected chi connectivity index (χ2v) is 9.68. The van der Waals surface area contributed by atoms with Crippen LogP contribution in [-0.4, -0.2) is 80.7 Å². The van der Waals surface area contributed by atoms with Crippen LogP contribution in [0.25, 0.3) is 11.0 Å². The third-order valence-electron chi connectivity index (χ3n) is 6.87. The predicted octanol–water partition coefficient (Wildman–Crippen LogP) is 2.19. The molecule has 11 heteroatoms. The average molecular weight is 496 g/mol. The minimum atomic E-state index is -0.387. The molecular formula is C25H33N7O4. The topological polar surface area (TPSA) is 138 Å². The Morgan fingerprint density at radius 2 is 2.14 bits per heavy atom. The number of hydrogen-bond acceptors (Lipinski definition) is 9. The number of carbonyl (C=O) groups is 1. The van der Waals surface area contributed by atoms with E-state index in [1.807, 2.05) is 13.0 Å². The summed E-state index contributed by atoms with van der Waals surface area (Å²) in [5.41, 5.74) is 2.07. The average Bonchev–Trinajstić information content (AvgIpc) is 3.53. The van der Waals surface area contributed by atoms with Crippen LogP contribution in [0.3, 0.4) is 0 Å². The lowest BCUT2D eigenvalue weighted by Crippen LogP contribution is -2.37. The highest BCUT2D eigenvalue weighted by atomic mass is 16.5. The number of aliphatic hydroxyl groups is 1. The minimum absolute atomic E-state index is 0.00662. The van der Waals surface area contributed by atoms with E-state index in [0.717, 1.165) is 55.5 Å². The number of hydrogen-bond donors (Lipinski definition) is 3. The number of nitrogens with zero attached hydrogens (tertiary/aromatic N) is 5. The fourth-order valence-corrected chi connectivity index (χ4v) is 4.84. The number of aromatic nitrogens is 5. The molecule has 3 atom stereocenters. The number of pyridine rings is 1. The van der Waals surface area contributed by atoms with E-state index < -0.39 is 0 Å². The molecule has 2 aliphatic heterocycles. The zero-order chi connectivity index (χ0) is 25.1. The van der Waals surface area contributed by atoms with Gasteiger partial charge in [0.2, 0.25) is 0 Å². The van der Waals surface area contributed by atoms with Crippen molar-refractivity contribution in [2.75, 3.05) is 31.2 Å². The summed E-state index contributed by atoms with van der Waals surface area (Å²) in [5, 5.41) is 20.7. The molecule has 0 radical (unpaired) electrons. The van der Waals surface area contributed by atoms with E-state index in [2.05, 4.69) is 41.4 Å². The van der Waals surface area contributed by atoms with Crippen molar-refractivity contribution in [3.05, 3.63) is 35.8 Å². The fraction of sp³-hybridized carbons (Fsp3) is 0.560. The Morgan fingerprint density at radius 3 is 2.89 bits per heavy atom. The van der Waals surface area contributed by atoms with Gasteiger partial charge >= 0.3 is 6.01 Å². The number of ether oxygens (including phenoxy) is 2. The van der Waals surface area contributed by atoms with Gasteiger partial charge in [-0.15, -0.1) is 0 Å². The van der Waals surface area contributed by atoms with Crippen LogP contribution in [0.5, 0.6) is 6.01 Å². The van der Waals surface area contributed by atoms with Crippen LogP contribution in [-0.2, 0) is 4.74 Å². The smallest absolute Gasteiger partial charge is 0.319 e. The molecule has 3 aromatic rings. The lowest BCUT2D eigenvalue weighted by molar-refractivity contribution is 0.0242. The summed E-state index contributed by atoms with van der Waals surface area (Å²) >= 11 is 0. The fourth-order valence-electron chi connectivity index (χ4n) is 4.84. The van der Waals surface area contributed by atoms with E-state index in [-0.39, 0.29) is 42.5 Å². The first-order valence-corrected chi connectivity index (χ1v) is 12.6. The SMILES string of the molecule is C[C@H](CO)NC(=O)c1cc(N2CCC(c3n[nH]c4ncccc34)CC2)nc(OC[C@H]2CC[C@H](C)O2)n1. The van der Waals surface area contributed by atoms with Crippen LogP contribution in [0.2, 0.25) is 0 Å². The molecule has 0 bridgehead atoms. The molecule has 5 heterocycles. The number of piperidine rings is 1.